The summed E-state index contributed by atoms with van der Waals surface area (Å²) in [5.74, 6) is 0. The molecule has 0 N–H and O–H groups in total. The molecule has 0 saturated carbocycles. The molecule has 3 rings (SSSR count). The Morgan fingerprint density at radius 2 is 2.27 bits per heavy atom. The molecule has 1 saturated heterocycles. The average Bonchev–Trinajstić information content (AvgIpc) is 2.97. The fourth-order valence-corrected chi connectivity index (χ4v) is 2.80. The van der Waals surface area contributed by atoms with E-state index in [4.69, 9.17) is 4.74 Å². The normalized spacial score (nSPS) is 18.5. The molecule has 2 aromatic heterocycles. The van der Waals surface area contributed by atoms with Crippen molar-refractivity contribution >= 4 is 0 Å². The third-order valence-corrected chi connectivity index (χ3v) is 3.91. The molecule has 1 aliphatic rings. The first-order chi connectivity index (χ1) is 10.8. The molecular formula is C15H19N5O2. The molecule has 1 atom stereocenters. The van der Waals surface area contributed by atoms with Gasteiger partial charge in [0.15, 0.2) is 0 Å². The zero-order valence-corrected chi connectivity index (χ0v) is 12.6. The summed E-state index contributed by atoms with van der Waals surface area (Å²) in [4.78, 5) is 22.5. The topological polar surface area (TPSA) is 73.1 Å². The summed E-state index contributed by atoms with van der Waals surface area (Å²) in [6.07, 6.45) is 5.53. The number of aromatic nitrogens is 4. The Morgan fingerprint density at radius 3 is 3.09 bits per heavy atom. The Labute approximate surface area is 128 Å². The molecule has 0 amide bonds. The fraction of sp³-hybridized carbons (Fsp3) is 0.467. The van der Waals surface area contributed by atoms with Crippen LogP contribution in [0.4, 0.5) is 0 Å². The predicted octanol–water partition coefficient (Wildman–Crippen LogP) is 0.707. The van der Waals surface area contributed by atoms with Crippen molar-refractivity contribution < 1.29 is 4.74 Å². The van der Waals surface area contributed by atoms with E-state index in [-0.39, 0.29) is 5.56 Å². The second-order valence-corrected chi connectivity index (χ2v) is 5.35. The van der Waals surface area contributed by atoms with Crippen molar-refractivity contribution in [3.8, 4) is 6.01 Å². The minimum Gasteiger partial charge on any atom is -0.467 e. The van der Waals surface area contributed by atoms with Gasteiger partial charge in [0.05, 0.1) is 19.3 Å². The van der Waals surface area contributed by atoms with Gasteiger partial charge in [0.1, 0.15) is 0 Å². The maximum Gasteiger partial charge on any atom is 0.316 e. The highest BCUT2D eigenvalue weighted by molar-refractivity contribution is 5.06. The maximum atomic E-state index is 11.8. The quantitative estimate of drug-likeness (QED) is 0.809. The molecule has 0 aromatic carbocycles. The van der Waals surface area contributed by atoms with Gasteiger partial charge in [-0.15, -0.1) is 0 Å². The standard InChI is InChI=1S/C15H19N5O2/c1-22-15-16-8-6-12(18-15)10-19-9-3-4-13(19)11-20-14(21)5-2-7-17-20/h2,5-8,13H,3-4,9-11H2,1H3. The third-order valence-electron chi connectivity index (χ3n) is 3.91. The molecule has 1 unspecified atom stereocenters. The van der Waals surface area contributed by atoms with Crippen molar-refractivity contribution in [2.45, 2.75) is 32.0 Å². The van der Waals surface area contributed by atoms with Crippen LogP contribution in [0.2, 0.25) is 0 Å². The number of hydrogen-bond donors (Lipinski definition) is 0. The second kappa shape index (κ2) is 6.65. The zero-order chi connectivity index (χ0) is 15.4. The number of likely N-dealkylation sites (tertiary alicyclic amines) is 1. The molecule has 1 aliphatic heterocycles. The maximum absolute atomic E-state index is 11.8. The lowest BCUT2D eigenvalue weighted by Gasteiger charge is -2.24. The minimum atomic E-state index is -0.0574. The van der Waals surface area contributed by atoms with Crippen LogP contribution in [0.15, 0.2) is 35.4 Å². The molecular weight excluding hydrogens is 282 g/mol. The van der Waals surface area contributed by atoms with Crippen LogP contribution in [-0.4, -0.2) is 44.3 Å². The monoisotopic (exact) mass is 301 g/mol. The average molecular weight is 301 g/mol. The van der Waals surface area contributed by atoms with Crippen molar-refractivity contribution in [1.82, 2.24) is 24.6 Å². The Bertz CT molecular complexity index is 687. The lowest BCUT2D eigenvalue weighted by Crippen LogP contribution is -2.36. The summed E-state index contributed by atoms with van der Waals surface area (Å²) in [7, 11) is 1.56. The van der Waals surface area contributed by atoms with Gasteiger partial charge < -0.3 is 4.74 Å². The Hall–Kier alpha value is -2.28. The van der Waals surface area contributed by atoms with Crippen molar-refractivity contribution in [3.63, 3.8) is 0 Å². The lowest BCUT2D eigenvalue weighted by molar-refractivity contribution is 0.213. The van der Waals surface area contributed by atoms with E-state index in [2.05, 4.69) is 20.0 Å². The van der Waals surface area contributed by atoms with Gasteiger partial charge in [0.25, 0.3) is 5.56 Å². The predicted molar refractivity (Wildman–Crippen MR) is 80.5 cm³/mol. The van der Waals surface area contributed by atoms with Gasteiger partial charge >= 0.3 is 6.01 Å². The van der Waals surface area contributed by atoms with Crippen molar-refractivity contribution in [3.05, 3.63) is 46.6 Å². The van der Waals surface area contributed by atoms with Crippen LogP contribution in [0.3, 0.4) is 0 Å². The Balaban J connectivity index is 1.70. The summed E-state index contributed by atoms with van der Waals surface area (Å²) in [6.45, 7) is 2.34. The van der Waals surface area contributed by atoms with Gasteiger partial charge in [-0.05, 0) is 31.5 Å². The van der Waals surface area contributed by atoms with Gasteiger partial charge in [0.2, 0.25) is 0 Å². The smallest absolute Gasteiger partial charge is 0.316 e. The van der Waals surface area contributed by atoms with E-state index in [9.17, 15) is 4.79 Å². The van der Waals surface area contributed by atoms with Gasteiger partial charge in [-0.2, -0.15) is 10.1 Å². The fourth-order valence-electron chi connectivity index (χ4n) is 2.80. The van der Waals surface area contributed by atoms with E-state index < -0.39 is 0 Å². The highest BCUT2D eigenvalue weighted by Crippen LogP contribution is 2.20. The molecule has 0 bridgehead atoms. The largest absolute Gasteiger partial charge is 0.467 e. The molecule has 2 aromatic rings. The Kier molecular flexibility index (Phi) is 4.43. The van der Waals surface area contributed by atoms with Crippen LogP contribution in [-0.2, 0) is 13.1 Å². The molecule has 22 heavy (non-hydrogen) atoms. The van der Waals surface area contributed by atoms with E-state index >= 15 is 0 Å². The Morgan fingerprint density at radius 1 is 1.36 bits per heavy atom. The number of hydrogen-bond acceptors (Lipinski definition) is 6. The van der Waals surface area contributed by atoms with Crippen LogP contribution in [0.25, 0.3) is 0 Å². The van der Waals surface area contributed by atoms with Crippen LogP contribution in [0, 0.1) is 0 Å². The zero-order valence-electron chi connectivity index (χ0n) is 12.6. The molecule has 0 aliphatic carbocycles. The van der Waals surface area contributed by atoms with Gasteiger partial charge in [0, 0.05) is 31.0 Å². The number of ether oxygens (including phenoxy) is 1. The van der Waals surface area contributed by atoms with Crippen LogP contribution in [0.5, 0.6) is 6.01 Å². The molecule has 0 radical (unpaired) electrons. The second-order valence-electron chi connectivity index (χ2n) is 5.35. The molecule has 3 heterocycles. The van der Waals surface area contributed by atoms with Gasteiger partial charge in [-0.3, -0.25) is 9.69 Å². The summed E-state index contributed by atoms with van der Waals surface area (Å²) >= 11 is 0. The summed E-state index contributed by atoms with van der Waals surface area (Å²) < 4.78 is 6.59. The first-order valence-corrected chi connectivity index (χ1v) is 7.38. The first kappa shape index (κ1) is 14.6. The molecule has 7 nitrogen and oxygen atoms in total. The van der Waals surface area contributed by atoms with Crippen molar-refractivity contribution in [2.75, 3.05) is 13.7 Å². The van der Waals surface area contributed by atoms with E-state index in [0.29, 0.717) is 18.6 Å². The number of nitrogens with zero attached hydrogens (tertiary/aromatic N) is 5. The third kappa shape index (κ3) is 3.30. The molecule has 0 spiro atoms. The van der Waals surface area contributed by atoms with Gasteiger partial charge in [-0.1, -0.05) is 0 Å². The summed E-state index contributed by atoms with van der Waals surface area (Å²) in [5.41, 5.74) is 0.866. The molecule has 1 fully saturated rings. The highest BCUT2D eigenvalue weighted by Gasteiger charge is 2.25. The van der Waals surface area contributed by atoms with Crippen molar-refractivity contribution in [1.29, 1.82) is 0 Å². The lowest BCUT2D eigenvalue weighted by atomic mass is 10.2. The van der Waals surface area contributed by atoms with Crippen LogP contribution in [0.1, 0.15) is 18.5 Å². The van der Waals surface area contributed by atoms with E-state index in [1.807, 2.05) is 6.07 Å². The minimum absolute atomic E-state index is 0.0574. The van der Waals surface area contributed by atoms with Crippen LogP contribution >= 0.6 is 0 Å². The summed E-state index contributed by atoms with van der Waals surface area (Å²) in [5, 5.41) is 4.14. The molecule has 7 heteroatoms. The number of rotatable bonds is 5. The highest BCUT2D eigenvalue weighted by atomic mass is 16.5. The first-order valence-electron chi connectivity index (χ1n) is 7.38. The van der Waals surface area contributed by atoms with Gasteiger partial charge in [-0.25, -0.2) is 9.67 Å². The summed E-state index contributed by atoms with van der Waals surface area (Å²) in [6, 6.07) is 5.79. The number of methoxy groups -OCH3 is 1. The van der Waals surface area contributed by atoms with E-state index in [0.717, 1.165) is 31.6 Å². The van der Waals surface area contributed by atoms with Crippen LogP contribution < -0.4 is 10.3 Å². The van der Waals surface area contributed by atoms with E-state index in [1.165, 1.54) is 4.68 Å². The van der Waals surface area contributed by atoms with E-state index in [1.54, 1.807) is 31.6 Å². The molecule has 116 valence electrons. The van der Waals surface area contributed by atoms with Crippen molar-refractivity contribution in [2.24, 2.45) is 0 Å². The SMILES string of the molecule is COc1nccc(CN2CCCC2Cn2ncccc2=O)n1.